The molecule has 0 radical (unpaired) electrons. The number of fused-ring (bicyclic) bond motifs is 1. The van der Waals surface area contributed by atoms with Gasteiger partial charge in [0.2, 0.25) is 5.91 Å². The number of methoxy groups -OCH3 is 1. The van der Waals surface area contributed by atoms with E-state index in [9.17, 15) is 4.79 Å². The first-order valence-corrected chi connectivity index (χ1v) is 12.5. The minimum Gasteiger partial charge on any atom is -0.385 e. The van der Waals surface area contributed by atoms with Gasteiger partial charge in [-0.2, -0.15) is 0 Å². The summed E-state index contributed by atoms with van der Waals surface area (Å²) < 4.78 is 7.11. The number of hydrogen-bond acceptors (Lipinski definition) is 6. The van der Waals surface area contributed by atoms with E-state index in [1.807, 2.05) is 4.68 Å². The summed E-state index contributed by atoms with van der Waals surface area (Å²) >= 11 is 0. The number of carbonyl (C=O) groups excluding carboxylic acids is 1. The van der Waals surface area contributed by atoms with Crippen LogP contribution in [0.5, 0.6) is 0 Å². The number of ether oxygens (including phenoxy) is 1. The smallest absolute Gasteiger partial charge is 0.225 e. The van der Waals surface area contributed by atoms with Crippen LogP contribution < -0.4 is 0 Å². The Morgan fingerprint density at radius 2 is 1.94 bits per heavy atom. The van der Waals surface area contributed by atoms with Crippen molar-refractivity contribution in [2.45, 2.75) is 76.8 Å². The molecule has 2 atom stereocenters. The number of amides is 1. The van der Waals surface area contributed by atoms with Crippen LogP contribution in [-0.2, 0) is 16.1 Å². The van der Waals surface area contributed by atoms with Crippen LogP contribution in [0.3, 0.4) is 0 Å². The van der Waals surface area contributed by atoms with Gasteiger partial charge in [-0.15, -0.1) is 5.10 Å². The normalized spacial score (nSPS) is 29.5. The summed E-state index contributed by atoms with van der Waals surface area (Å²) in [5.41, 5.74) is 0. The predicted octanol–water partition coefficient (Wildman–Crippen LogP) is 2.61. The highest BCUT2D eigenvalue weighted by molar-refractivity contribution is 5.79. The highest BCUT2D eigenvalue weighted by Crippen LogP contribution is 2.34. The average molecular weight is 433 g/mol. The van der Waals surface area contributed by atoms with Gasteiger partial charge in [-0.25, -0.2) is 4.68 Å². The van der Waals surface area contributed by atoms with E-state index >= 15 is 0 Å². The van der Waals surface area contributed by atoms with Crippen LogP contribution >= 0.6 is 0 Å². The molecule has 0 spiro atoms. The summed E-state index contributed by atoms with van der Waals surface area (Å²) in [5, 5.41) is 11.5. The van der Waals surface area contributed by atoms with E-state index in [1.165, 1.54) is 45.2 Å². The number of hydrogen-bond donors (Lipinski definition) is 0. The Hall–Kier alpha value is -1.54. The SMILES string of the molecule is COCCCN(C[C@@H]1CCCN2CCCC[C@@H]12)C(=O)C1CCC(Cn2cnnn2)CC1. The van der Waals surface area contributed by atoms with Crippen LogP contribution in [0, 0.1) is 17.8 Å². The van der Waals surface area contributed by atoms with Crippen molar-refractivity contribution in [2.75, 3.05) is 39.9 Å². The van der Waals surface area contributed by atoms with Gasteiger partial charge in [0.25, 0.3) is 0 Å². The Labute approximate surface area is 186 Å². The topological polar surface area (TPSA) is 76.4 Å². The maximum atomic E-state index is 13.6. The first kappa shape index (κ1) is 22.6. The Balaban J connectivity index is 1.33. The van der Waals surface area contributed by atoms with Gasteiger partial charge in [-0.1, -0.05) is 6.42 Å². The van der Waals surface area contributed by atoms with Crippen molar-refractivity contribution in [3.8, 4) is 0 Å². The quantitative estimate of drug-likeness (QED) is 0.558. The zero-order valence-corrected chi connectivity index (χ0v) is 19.2. The van der Waals surface area contributed by atoms with Crippen molar-refractivity contribution in [1.82, 2.24) is 30.0 Å². The second-order valence-corrected chi connectivity index (χ2v) is 9.88. The lowest BCUT2D eigenvalue weighted by molar-refractivity contribution is -0.138. The van der Waals surface area contributed by atoms with Crippen LogP contribution in [-0.4, -0.2) is 81.9 Å². The van der Waals surface area contributed by atoms with Crippen LogP contribution in [0.4, 0.5) is 0 Å². The number of piperidine rings is 2. The standard InChI is InChI=1S/C23H40N6O2/c1-31-15-5-14-28(17-21-6-4-13-27-12-3-2-7-22(21)27)23(30)20-10-8-19(9-11-20)16-29-18-24-25-26-29/h18-22H,2-17H2,1H3/t19?,20?,21-,22-/m0/s1. The van der Waals surface area contributed by atoms with Gasteiger partial charge >= 0.3 is 0 Å². The fraction of sp³-hybridized carbons (Fsp3) is 0.913. The second kappa shape index (κ2) is 11.4. The second-order valence-electron chi connectivity index (χ2n) is 9.88. The lowest BCUT2D eigenvalue weighted by Gasteiger charge is -2.46. The molecule has 31 heavy (non-hydrogen) atoms. The lowest BCUT2D eigenvalue weighted by Crippen LogP contribution is -2.52. The average Bonchev–Trinajstić information content (AvgIpc) is 3.32. The molecule has 0 N–H and O–H groups in total. The van der Waals surface area contributed by atoms with Crippen molar-refractivity contribution in [3.05, 3.63) is 6.33 Å². The Bertz CT molecular complexity index is 659. The van der Waals surface area contributed by atoms with Gasteiger partial charge in [0.15, 0.2) is 0 Å². The third-order valence-electron chi connectivity index (χ3n) is 7.80. The van der Waals surface area contributed by atoms with E-state index in [4.69, 9.17) is 4.74 Å². The third-order valence-corrected chi connectivity index (χ3v) is 7.80. The molecular formula is C23H40N6O2. The molecule has 3 aliphatic rings. The van der Waals surface area contributed by atoms with Crippen molar-refractivity contribution < 1.29 is 9.53 Å². The number of carbonyl (C=O) groups is 1. The maximum absolute atomic E-state index is 13.6. The zero-order valence-electron chi connectivity index (χ0n) is 19.2. The summed E-state index contributed by atoms with van der Waals surface area (Å²) in [7, 11) is 1.75. The first-order chi connectivity index (χ1) is 15.2. The number of rotatable bonds is 9. The Kier molecular flexibility index (Phi) is 8.30. The molecule has 1 aromatic heterocycles. The van der Waals surface area contributed by atoms with E-state index in [0.29, 0.717) is 23.8 Å². The van der Waals surface area contributed by atoms with Gasteiger partial charge in [0.1, 0.15) is 6.33 Å². The monoisotopic (exact) mass is 432 g/mol. The minimum atomic E-state index is 0.179. The highest BCUT2D eigenvalue weighted by Gasteiger charge is 2.36. The van der Waals surface area contributed by atoms with E-state index in [-0.39, 0.29) is 5.92 Å². The molecule has 3 heterocycles. The molecule has 0 unspecified atom stereocenters. The van der Waals surface area contributed by atoms with Crippen molar-refractivity contribution >= 4 is 5.91 Å². The van der Waals surface area contributed by atoms with Crippen molar-refractivity contribution in [2.24, 2.45) is 17.8 Å². The molecular weight excluding hydrogens is 392 g/mol. The highest BCUT2D eigenvalue weighted by atomic mass is 16.5. The Morgan fingerprint density at radius 3 is 2.71 bits per heavy atom. The van der Waals surface area contributed by atoms with Crippen molar-refractivity contribution in [3.63, 3.8) is 0 Å². The number of nitrogens with zero attached hydrogens (tertiary/aromatic N) is 6. The molecule has 8 heteroatoms. The first-order valence-electron chi connectivity index (χ1n) is 12.5. The molecule has 1 amide bonds. The minimum absolute atomic E-state index is 0.179. The summed E-state index contributed by atoms with van der Waals surface area (Å²) in [4.78, 5) is 18.5. The molecule has 0 aromatic carbocycles. The summed E-state index contributed by atoms with van der Waals surface area (Å²) in [6.45, 7) is 5.87. The maximum Gasteiger partial charge on any atom is 0.225 e. The third kappa shape index (κ3) is 6.04. The van der Waals surface area contributed by atoms with Crippen LogP contribution in [0.2, 0.25) is 0 Å². The van der Waals surface area contributed by atoms with Crippen LogP contribution in [0.15, 0.2) is 6.33 Å². The summed E-state index contributed by atoms with van der Waals surface area (Å²) in [6.07, 6.45) is 13.3. The number of aromatic nitrogens is 4. The summed E-state index contributed by atoms with van der Waals surface area (Å²) in [5.74, 6) is 1.78. The van der Waals surface area contributed by atoms with Gasteiger partial charge < -0.3 is 14.5 Å². The largest absolute Gasteiger partial charge is 0.385 e. The fourth-order valence-corrected chi connectivity index (χ4v) is 6.14. The van der Waals surface area contributed by atoms with Gasteiger partial charge in [0, 0.05) is 45.3 Å². The van der Waals surface area contributed by atoms with Crippen molar-refractivity contribution in [1.29, 1.82) is 0 Å². The summed E-state index contributed by atoms with van der Waals surface area (Å²) in [6, 6.07) is 0.687. The molecule has 8 nitrogen and oxygen atoms in total. The van der Waals surface area contributed by atoms with Crippen LogP contribution in [0.1, 0.15) is 64.2 Å². The van der Waals surface area contributed by atoms with E-state index < -0.39 is 0 Å². The predicted molar refractivity (Wildman–Crippen MR) is 118 cm³/mol. The van der Waals surface area contributed by atoms with Gasteiger partial charge in [0.05, 0.1) is 0 Å². The number of tetrazole rings is 1. The molecule has 1 saturated carbocycles. The van der Waals surface area contributed by atoms with Gasteiger partial charge in [-0.3, -0.25) is 4.79 Å². The lowest BCUT2D eigenvalue weighted by atomic mass is 9.80. The molecule has 3 fully saturated rings. The molecule has 2 saturated heterocycles. The molecule has 1 aromatic rings. The van der Waals surface area contributed by atoms with Gasteiger partial charge in [-0.05, 0) is 93.1 Å². The molecule has 174 valence electrons. The Morgan fingerprint density at radius 1 is 1.10 bits per heavy atom. The molecule has 2 aliphatic heterocycles. The molecule has 1 aliphatic carbocycles. The zero-order chi connectivity index (χ0) is 21.5. The molecule has 4 rings (SSSR count). The van der Waals surface area contributed by atoms with E-state index in [2.05, 4.69) is 25.3 Å². The van der Waals surface area contributed by atoms with E-state index in [1.54, 1.807) is 13.4 Å². The van der Waals surface area contributed by atoms with E-state index in [0.717, 1.165) is 58.3 Å². The fourth-order valence-electron chi connectivity index (χ4n) is 6.14. The molecule has 0 bridgehead atoms. The van der Waals surface area contributed by atoms with Crippen LogP contribution in [0.25, 0.3) is 0 Å².